The quantitative estimate of drug-likeness (QED) is 0.206. The molecule has 0 spiro atoms. The highest BCUT2D eigenvalue weighted by Crippen LogP contribution is 2.35. The van der Waals surface area contributed by atoms with Gasteiger partial charge >= 0.3 is 12.1 Å². The van der Waals surface area contributed by atoms with Crippen molar-refractivity contribution in [1.82, 2.24) is 14.9 Å². The van der Waals surface area contributed by atoms with Crippen molar-refractivity contribution in [2.45, 2.75) is 12.6 Å². The zero-order chi connectivity index (χ0) is 26.7. The third-order valence-corrected chi connectivity index (χ3v) is 5.71. The number of hydrogen-bond acceptors (Lipinski definition) is 7. The molecule has 0 unspecified atom stereocenters. The fourth-order valence-electron chi connectivity index (χ4n) is 3.84. The predicted octanol–water partition coefficient (Wildman–Crippen LogP) is 3.41. The average molecular weight is 510 g/mol. The molecule has 1 amide bonds. The number of nitrogen functional groups attached to an aromatic ring is 2. The molecule has 37 heavy (non-hydrogen) atoms. The van der Waals surface area contributed by atoms with Gasteiger partial charge in [-0.1, -0.05) is 30.3 Å². The number of carbonyl (C=O) groups is 2. The van der Waals surface area contributed by atoms with Crippen molar-refractivity contribution in [1.29, 1.82) is 5.41 Å². The highest BCUT2D eigenvalue weighted by atomic mass is 19.4. The topological polar surface area (TPSA) is 148 Å². The summed E-state index contributed by atoms with van der Waals surface area (Å²) in [6, 6.07) is 11.2. The maximum absolute atomic E-state index is 13.0. The van der Waals surface area contributed by atoms with Gasteiger partial charge in [0.25, 0.3) is 5.91 Å². The molecule has 1 aliphatic heterocycles. The number of amides is 1. The molecule has 0 radical (unpaired) electrons. The van der Waals surface area contributed by atoms with Gasteiger partial charge in [-0.2, -0.15) is 13.2 Å². The molecule has 1 aliphatic rings. The molecule has 1 aromatic heterocycles. The fraction of sp³-hybridized carbons (Fsp3) is 0.160. The lowest BCUT2D eigenvalue weighted by Crippen LogP contribution is -2.34. The Labute approximate surface area is 209 Å². The average Bonchev–Trinajstić information content (AvgIpc) is 2.88. The third kappa shape index (κ3) is 5.58. The number of hydrogen-bond donors (Lipinski definition) is 3. The standard InChI is InChI=1S/C25H21F3N6O3/c26-25(27,28)23(36)37-20-18(2-1-3-19(20)21(29)30)15-8-10-34(11-9-15)22(35)16-6-4-14(5-7-16)17-12-32-24(31)33-13-17/h1-8,12-13H,9-11H2,(H3,29,30)(H2,31,32,33). The minimum atomic E-state index is -5.22. The molecule has 190 valence electrons. The summed E-state index contributed by atoms with van der Waals surface area (Å²) < 4.78 is 43.2. The molecule has 3 aromatic rings. The summed E-state index contributed by atoms with van der Waals surface area (Å²) in [7, 11) is 0. The molecule has 0 bridgehead atoms. The molecule has 4 rings (SSSR count). The molecule has 0 aliphatic carbocycles. The third-order valence-electron chi connectivity index (χ3n) is 5.71. The Morgan fingerprint density at radius 2 is 1.70 bits per heavy atom. The van der Waals surface area contributed by atoms with Crippen molar-refractivity contribution in [2.24, 2.45) is 5.73 Å². The number of nitrogens with zero attached hydrogens (tertiary/aromatic N) is 3. The number of alkyl halides is 3. The van der Waals surface area contributed by atoms with Gasteiger partial charge < -0.3 is 21.1 Å². The van der Waals surface area contributed by atoms with Crippen LogP contribution in [0.1, 0.15) is 27.9 Å². The highest BCUT2D eigenvalue weighted by Gasteiger charge is 2.42. The summed E-state index contributed by atoms with van der Waals surface area (Å²) >= 11 is 0. The number of amidine groups is 1. The van der Waals surface area contributed by atoms with Crippen molar-refractivity contribution < 1.29 is 27.5 Å². The summed E-state index contributed by atoms with van der Waals surface area (Å²) in [5.74, 6) is -3.47. The van der Waals surface area contributed by atoms with Crippen LogP contribution < -0.4 is 16.2 Å². The van der Waals surface area contributed by atoms with Crippen LogP contribution in [0.5, 0.6) is 5.75 Å². The van der Waals surface area contributed by atoms with Crippen LogP contribution in [0.15, 0.2) is 60.9 Å². The lowest BCUT2D eigenvalue weighted by molar-refractivity contribution is -0.189. The van der Waals surface area contributed by atoms with E-state index in [2.05, 4.69) is 14.7 Å². The number of nitrogens with two attached hydrogens (primary N) is 2. The van der Waals surface area contributed by atoms with E-state index >= 15 is 0 Å². The van der Waals surface area contributed by atoms with E-state index in [1.54, 1.807) is 47.6 Å². The van der Waals surface area contributed by atoms with Crippen LogP contribution in [-0.2, 0) is 4.79 Å². The number of para-hydroxylation sites is 1. The Morgan fingerprint density at radius 1 is 1.03 bits per heavy atom. The molecule has 2 aromatic carbocycles. The summed E-state index contributed by atoms with van der Waals surface area (Å²) in [4.78, 5) is 34.0. The Hall–Kier alpha value is -4.74. The van der Waals surface area contributed by atoms with Gasteiger partial charge in [0, 0.05) is 42.2 Å². The molecule has 0 fully saturated rings. The number of ether oxygens (including phenoxy) is 1. The van der Waals surface area contributed by atoms with Gasteiger partial charge in [-0.15, -0.1) is 0 Å². The van der Waals surface area contributed by atoms with Crippen LogP contribution in [0.2, 0.25) is 0 Å². The van der Waals surface area contributed by atoms with E-state index in [1.807, 2.05) is 0 Å². The molecule has 0 saturated carbocycles. The Morgan fingerprint density at radius 3 is 2.27 bits per heavy atom. The van der Waals surface area contributed by atoms with Gasteiger partial charge in [0.1, 0.15) is 11.6 Å². The summed E-state index contributed by atoms with van der Waals surface area (Å²) in [6.45, 7) is 0.452. The summed E-state index contributed by atoms with van der Waals surface area (Å²) in [5.41, 5.74) is 13.6. The van der Waals surface area contributed by atoms with Crippen LogP contribution in [0.3, 0.4) is 0 Å². The van der Waals surface area contributed by atoms with Crippen LogP contribution in [0.25, 0.3) is 16.7 Å². The molecule has 2 heterocycles. The predicted molar refractivity (Wildman–Crippen MR) is 130 cm³/mol. The van der Waals surface area contributed by atoms with E-state index in [-0.39, 0.29) is 42.5 Å². The minimum absolute atomic E-state index is 0.138. The second kappa shape index (κ2) is 10.1. The number of carbonyl (C=O) groups excluding carboxylic acids is 2. The second-order valence-electron chi connectivity index (χ2n) is 8.12. The van der Waals surface area contributed by atoms with Crippen LogP contribution in [-0.4, -0.2) is 51.8 Å². The zero-order valence-electron chi connectivity index (χ0n) is 19.2. The number of aromatic nitrogens is 2. The van der Waals surface area contributed by atoms with Crippen molar-refractivity contribution in [2.75, 3.05) is 18.8 Å². The highest BCUT2D eigenvalue weighted by molar-refractivity contribution is 6.00. The van der Waals surface area contributed by atoms with Crippen molar-refractivity contribution in [3.05, 3.63) is 77.6 Å². The van der Waals surface area contributed by atoms with Crippen molar-refractivity contribution in [3.8, 4) is 16.9 Å². The smallest absolute Gasteiger partial charge is 0.418 e. The van der Waals surface area contributed by atoms with E-state index in [4.69, 9.17) is 16.9 Å². The first-order valence-corrected chi connectivity index (χ1v) is 11.0. The van der Waals surface area contributed by atoms with E-state index in [0.717, 1.165) is 11.1 Å². The molecule has 5 N–H and O–H groups in total. The fourth-order valence-corrected chi connectivity index (χ4v) is 3.84. The van der Waals surface area contributed by atoms with Crippen LogP contribution in [0, 0.1) is 5.41 Å². The molecule has 0 saturated heterocycles. The summed E-state index contributed by atoms with van der Waals surface area (Å²) in [6.07, 6.45) is -0.104. The number of esters is 1. The second-order valence-corrected chi connectivity index (χ2v) is 8.12. The number of halogens is 3. The molecule has 0 atom stereocenters. The monoisotopic (exact) mass is 510 g/mol. The SMILES string of the molecule is N=C(N)c1cccc(C2=CCN(C(=O)c3ccc(-c4cnc(N)nc4)cc3)CC2)c1OC(=O)C(F)(F)F. The maximum Gasteiger partial charge on any atom is 0.491 e. The van der Waals surface area contributed by atoms with Crippen molar-refractivity contribution in [3.63, 3.8) is 0 Å². The number of nitrogens with one attached hydrogen (secondary N) is 1. The first kappa shape index (κ1) is 25.4. The van der Waals surface area contributed by atoms with Crippen LogP contribution >= 0.6 is 0 Å². The first-order valence-electron chi connectivity index (χ1n) is 11.0. The number of benzene rings is 2. The number of rotatable bonds is 5. The minimum Gasteiger partial charge on any atom is -0.418 e. The molecule has 9 nitrogen and oxygen atoms in total. The van der Waals surface area contributed by atoms with E-state index < -0.39 is 23.7 Å². The Kier molecular flexibility index (Phi) is 6.92. The largest absolute Gasteiger partial charge is 0.491 e. The van der Waals surface area contributed by atoms with Gasteiger partial charge in [0.15, 0.2) is 0 Å². The van der Waals surface area contributed by atoms with E-state index in [0.29, 0.717) is 11.1 Å². The zero-order valence-corrected chi connectivity index (χ0v) is 19.2. The van der Waals surface area contributed by atoms with Gasteiger partial charge in [0.2, 0.25) is 5.95 Å². The normalized spacial score (nSPS) is 13.6. The van der Waals surface area contributed by atoms with Gasteiger partial charge in [-0.25, -0.2) is 14.8 Å². The Balaban J connectivity index is 1.53. The lowest BCUT2D eigenvalue weighted by atomic mass is 9.95. The molecular formula is C25H21F3N6O3. The van der Waals surface area contributed by atoms with Gasteiger partial charge in [-0.05, 0) is 35.8 Å². The summed E-state index contributed by atoms with van der Waals surface area (Å²) in [5, 5.41) is 7.67. The van der Waals surface area contributed by atoms with E-state index in [9.17, 15) is 22.8 Å². The number of anilines is 1. The Bertz CT molecular complexity index is 1390. The van der Waals surface area contributed by atoms with Gasteiger partial charge in [0.05, 0.1) is 5.56 Å². The van der Waals surface area contributed by atoms with Gasteiger partial charge in [-0.3, -0.25) is 10.2 Å². The maximum atomic E-state index is 13.0. The molecular weight excluding hydrogens is 489 g/mol. The van der Waals surface area contributed by atoms with Crippen molar-refractivity contribution >= 4 is 29.2 Å². The van der Waals surface area contributed by atoms with Crippen LogP contribution in [0.4, 0.5) is 19.1 Å². The first-order chi connectivity index (χ1) is 17.5. The van der Waals surface area contributed by atoms with E-state index in [1.165, 1.54) is 18.2 Å². The lowest BCUT2D eigenvalue weighted by Gasteiger charge is -2.27. The molecule has 12 heteroatoms.